The maximum absolute atomic E-state index is 13.6. The quantitative estimate of drug-likeness (QED) is 0.367. The molecule has 1 heterocycles. The molecule has 1 N–H and O–H groups in total. The Labute approximate surface area is 202 Å². The van der Waals surface area contributed by atoms with E-state index in [0.29, 0.717) is 29.5 Å². The van der Waals surface area contributed by atoms with Gasteiger partial charge in [0.1, 0.15) is 17.4 Å². The van der Waals surface area contributed by atoms with Gasteiger partial charge in [-0.05, 0) is 54.1 Å². The van der Waals surface area contributed by atoms with E-state index in [1.165, 1.54) is 29.2 Å². The molecule has 5 nitrogen and oxygen atoms in total. The number of rotatable bonds is 10. The zero-order valence-corrected chi connectivity index (χ0v) is 19.6. The maximum atomic E-state index is 13.6. The molecule has 178 valence electrons. The topological polar surface area (TPSA) is 62.3 Å². The van der Waals surface area contributed by atoms with Gasteiger partial charge >= 0.3 is 6.03 Å². The molecule has 0 aliphatic carbocycles. The van der Waals surface area contributed by atoms with E-state index < -0.39 is 5.82 Å². The third kappa shape index (κ3) is 6.60. The number of hydrogen-bond acceptors (Lipinski definition) is 3. The number of benzene rings is 2. The molecule has 0 saturated heterocycles. The summed E-state index contributed by atoms with van der Waals surface area (Å²) >= 11 is 5.95. The molecule has 0 unspecified atom stereocenters. The number of fused-ring (bicyclic) bond motifs is 1. The van der Waals surface area contributed by atoms with Gasteiger partial charge in [-0.15, -0.1) is 6.58 Å². The van der Waals surface area contributed by atoms with Gasteiger partial charge in [0.2, 0.25) is 0 Å². The number of urea groups is 1. The van der Waals surface area contributed by atoms with Crippen LogP contribution in [0.15, 0.2) is 61.3 Å². The van der Waals surface area contributed by atoms with Crippen LogP contribution in [-0.4, -0.2) is 34.8 Å². The van der Waals surface area contributed by atoms with E-state index in [0.717, 1.165) is 5.39 Å². The molecule has 3 rings (SSSR count). The van der Waals surface area contributed by atoms with E-state index in [1.807, 2.05) is 0 Å². The Morgan fingerprint density at radius 3 is 2.76 bits per heavy atom. The molecule has 1 aromatic heterocycles. The van der Waals surface area contributed by atoms with Gasteiger partial charge in [-0.25, -0.2) is 13.6 Å². The number of amides is 2. The summed E-state index contributed by atoms with van der Waals surface area (Å²) in [5.74, 6) is -0.919. The number of aromatic nitrogens is 1. The van der Waals surface area contributed by atoms with Crippen molar-refractivity contribution in [3.8, 4) is 0 Å². The Morgan fingerprint density at radius 1 is 1.21 bits per heavy atom. The number of carbonyl (C=O) groups is 2. The second kappa shape index (κ2) is 11.7. The number of pyridine rings is 1. The van der Waals surface area contributed by atoms with E-state index in [2.05, 4.69) is 16.9 Å². The van der Waals surface area contributed by atoms with Crippen LogP contribution in [0, 0.1) is 11.6 Å². The highest BCUT2D eigenvalue weighted by atomic mass is 35.5. The molecule has 0 fully saturated rings. The van der Waals surface area contributed by atoms with Crippen molar-refractivity contribution in [2.24, 2.45) is 0 Å². The largest absolute Gasteiger partial charge is 0.334 e. The second-order valence-electron chi connectivity index (χ2n) is 8.08. The summed E-state index contributed by atoms with van der Waals surface area (Å²) in [5.41, 5.74) is 1.04. The molecule has 0 bridgehead atoms. The van der Waals surface area contributed by atoms with Gasteiger partial charge in [0, 0.05) is 49.8 Å². The number of nitrogens with one attached hydrogen (secondary N) is 1. The van der Waals surface area contributed by atoms with Crippen molar-refractivity contribution in [1.29, 1.82) is 0 Å². The zero-order chi connectivity index (χ0) is 24.7. The minimum absolute atomic E-state index is 0.0243. The van der Waals surface area contributed by atoms with Crippen molar-refractivity contribution < 1.29 is 18.4 Å². The van der Waals surface area contributed by atoms with Crippen LogP contribution in [0.1, 0.15) is 30.5 Å². The minimum Gasteiger partial charge on any atom is -0.334 e. The third-order valence-electron chi connectivity index (χ3n) is 5.64. The Balaban J connectivity index is 1.56. The predicted octanol–water partition coefficient (Wildman–Crippen LogP) is 5.84. The van der Waals surface area contributed by atoms with Crippen molar-refractivity contribution in [3.63, 3.8) is 0 Å². The van der Waals surface area contributed by atoms with Gasteiger partial charge in [-0.2, -0.15) is 0 Å². The fraction of sp³-hybridized carbons (Fsp3) is 0.269. The number of carbonyl (C=O) groups excluding carboxylic acids is 2. The molecule has 0 spiro atoms. The number of ketones is 1. The summed E-state index contributed by atoms with van der Waals surface area (Å²) in [6, 6.07) is 9.95. The van der Waals surface area contributed by atoms with E-state index >= 15 is 0 Å². The first-order chi connectivity index (χ1) is 16.3. The first-order valence-corrected chi connectivity index (χ1v) is 11.3. The van der Waals surface area contributed by atoms with Crippen LogP contribution in [0.5, 0.6) is 0 Å². The molecular weight excluding hydrogens is 460 g/mol. The smallest absolute Gasteiger partial charge is 0.317 e. The number of halogens is 3. The van der Waals surface area contributed by atoms with Gasteiger partial charge in [0.25, 0.3) is 0 Å². The highest BCUT2D eigenvalue weighted by molar-refractivity contribution is 6.31. The molecule has 0 saturated carbocycles. The van der Waals surface area contributed by atoms with Crippen LogP contribution in [0.4, 0.5) is 13.6 Å². The lowest BCUT2D eigenvalue weighted by atomic mass is 10.0. The van der Waals surface area contributed by atoms with Gasteiger partial charge in [0.05, 0.1) is 5.02 Å². The Morgan fingerprint density at radius 2 is 2.00 bits per heavy atom. The Bertz CT molecular complexity index is 1200. The molecule has 1 atom stereocenters. The van der Waals surface area contributed by atoms with Crippen molar-refractivity contribution >= 4 is 34.2 Å². The molecule has 34 heavy (non-hydrogen) atoms. The summed E-state index contributed by atoms with van der Waals surface area (Å²) < 4.78 is 27.1. The lowest BCUT2D eigenvalue weighted by Gasteiger charge is -2.27. The molecule has 2 amide bonds. The SMILES string of the molecule is C=CC[C@@H](CCC(=O)Cc1cc2cc(F)ccc2cn1)N(C)C(=O)NCc1cccc(F)c1Cl. The van der Waals surface area contributed by atoms with Crippen LogP contribution < -0.4 is 5.32 Å². The average Bonchev–Trinajstić information content (AvgIpc) is 2.81. The summed E-state index contributed by atoms with van der Waals surface area (Å²) in [5, 5.41) is 4.20. The molecule has 0 radical (unpaired) electrons. The average molecular weight is 486 g/mol. The first-order valence-electron chi connectivity index (χ1n) is 10.9. The number of Topliss-reactive ketones (excluding diaryl/α,β-unsaturated/α-hetero) is 1. The molecule has 8 heteroatoms. The molecule has 2 aromatic carbocycles. The minimum atomic E-state index is -0.546. The van der Waals surface area contributed by atoms with Crippen molar-refractivity contribution in [2.75, 3.05) is 7.05 Å². The lowest BCUT2D eigenvalue weighted by molar-refractivity contribution is -0.118. The lowest BCUT2D eigenvalue weighted by Crippen LogP contribution is -2.43. The Kier molecular flexibility index (Phi) is 8.71. The van der Waals surface area contributed by atoms with Crippen LogP contribution in [0.3, 0.4) is 0 Å². The van der Waals surface area contributed by atoms with Crippen LogP contribution in [0.25, 0.3) is 10.8 Å². The van der Waals surface area contributed by atoms with Gasteiger partial charge in [-0.3, -0.25) is 9.78 Å². The standard InChI is InChI=1S/C26H26ClF2N3O2/c1-3-5-22(32(2)26(34)31-16-18-6-4-7-24(29)25(18)27)10-11-23(33)14-21-13-19-12-20(28)9-8-17(19)15-30-21/h3-4,6-9,12-13,15,22H,1,5,10-11,14,16H2,2H3,(H,31,34)/t22-/m0/s1. The summed E-state index contributed by atoms with van der Waals surface area (Å²) in [6.07, 6.45) is 4.64. The summed E-state index contributed by atoms with van der Waals surface area (Å²) in [4.78, 5) is 31.0. The van der Waals surface area contributed by atoms with Crippen LogP contribution in [0.2, 0.25) is 5.02 Å². The fourth-order valence-electron chi connectivity index (χ4n) is 3.68. The predicted molar refractivity (Wildman–Crippen MR) is 130 cm³/mol. The van der Waals surface area contributed by atoms with Crippen LogP contribution >= 0.6 is 11.6 Å². The van der Waals surface area contributed by atoms with E-state index in [1.54, 1.807) is 37.5 Å². The number of hydrogen-bond donors (Lipinski definition) is 1. The zero-order valence-electron chi connectivity index (χ0n) is 18.9. The first kappa shape index (κ1) is 25.3. The molecule has 3 aromatic rings. The second-order valence-corrected chi connectivity index (χ2v) is 8.46. The van der Waals surface area contributed by atoms with Crippen molar-refractivity contribution in [2.45, 2.75) is 38.3 Å². The van der Waals surface area contributed by atoms with E-state index in [9.17, 15) is 18.4 Å². The molecule has 0 aliphatic heterocycles. The van der Waals surface area contributed by atoms with E-state index in [4.69, 9.17) is 11.6 Å². The normalized spacial score (nSPS) is 11.8. The fourth-order valence-corrected chi connectivity index (χ4v) is 3.87. The molecular formula is C26H26ClF2N3O2. The Hall–Kier alpha value is -3.32. The van der Waals surface area contributed by atoms with Crippen molar-refractivity contribution in [3.05, 3.63) is 89.2 Å². The number of nitrogens with zero attached hydrogens (tertiary/aromatic N) is 2. The summed E-state index contributed by atoms with van der Waals surface area (Å²) in [6.45, 7) is 3.82. The highest BCUT2D eigenvalue weighted by Crippen LogP contribution is 2.20. The highest BCUT2D eigenvalue weighted by Gasteiger charge is 2.20. The monoisotopic (exact) mass is 485 g/mol. The maximum Gasteiger partial charge on any atom is 0.317 e. The van der Waals surface area contributed by atoms with E-state index in [-0.39, 0.29) is 48.1 Å². The van der Waals surface area contributed by atoms with Gasteiger partial charge in [0.15, 0.2) is 0 Å². The summed E-state index contributed by atoms with van der Waals surface area (Å²) in [7, 11) is 1.64. The third-order valence-corrected chi connectivity index (χ3v) is 6.07. The molecule has 0 aliphatic rings. The van der Waals surface area contributed by atoms with Gasteiger partial charge < -0.3 is 10.2 Å². The van der Waals surface area contributed by atoms with Crippen LogP contribution in [-0.2, 0) is 17.8 Å². The van der Waals surface area contributed by atoms with Gasteiger partial charge in [-0.1, -0.05) is 29.8 Å². The van der Waals surface area contributed by atoms with Crippen molar-refractivity contribution in [1.82, 2.24) is 15.2 Å².